The van der Waals surface area contributed by atoms with Crippen LogP contribution in [0, 0.1) is 0 Å². The molecule has 5 rings (SSSR count). The summed E-state index contributed by atoms with van der Waals surface area (Å²) in [7, 11) is -1.69. The molecular formula is C19H19O6P. The van der Waals surface area contributed by atoms with Gasteiger partial charge in [0, 0.05) is 7.11 Å². The Hall–Kier alpha value is -1.85. The minimum atomic E-state index is -3.17. The van der Waals surface area contributed by atoms with E-state index >= 15 is 0 Å². The number of epoxide rings is 2. The zero-order valence-electron chi connectivity index (χ0n) is 14.3. The van der Waals surface area contributed by atoms with E-state index in [4.69, 9.17) is 23.5 Å². The first-order valence-corrected chi connectivity index (χ1v) is 10.2. The minimum absolute atomic E-state index is 0.171. The lowest BCUT2D eigenvalue weighted by Gasteiger charge is -2.14. The summed E-state index contributed by atoms with van der Waals surface area (Å²) in [6, 6.07) is 11.3. The first-order valence-electron chi connectivity index (χ1n) is 8.61. The van der Waals surface area contributed by atoms with Crippen molar-refractivity contribution in [3.8, 4) is 22.6 Å². The van der Waals surface area contributed by atoms with Crippen molar-refractivity contribution >= 4 is 18.0 Å². The maximum Gasteiger partial charge on any atom is 0.262 e. The van der Waals surface area contributed by atoms with Crippen LogP contribution in [-0.2, 0) is 18.6 Å². The van der Waals surface area contributed by atoms with Crippen LogP contribution in [0.15, 0.2) is 36.4 Å². The number of ether oxygens (including phenoxy) is 4. The van der Waals surface area contributed by atoms with E-state index in [9.17, 15) is 4.57 Å². The molecule has 2 aromatic carbocycles. The Kier molecular flexibility index (Phi) is 3.83. The quantitative estimate of drug-likeness (QED) is 0.546. The van der Waals surface area contributed by atoms with Crippen LogP contribution < -0.4 is 20.1 Å². The SMILES string of the molecule is COP1(=O)c2cc(OCC3CO3)ccc2-c2ccc(OCC3CO3)cc21. The Morgan fingerprint density at radius 3 is 1.77 bits per heavy atom. The number of benzene rings is 2. The third-order valence-corrected chi connectivity index (χ3v) is 7.32. The molecule has 0 radical (unpaired) electrons. The second-order valence-electron chi connectivity index (χ2n) is 6.62. The van der Waals surface area contributed by atoms with Crippen molar-refractivity contribution in [3.05, 3.63) is 36.4 Å². The highest BCUT2D eigenvalue weighted by molar-refractivity contribution is 7.75. The molecule has 0 bridgehead atoms. The molecular weight excluding hydrogens is 355 g/mol. The van der Waals surface area contributed by atoms with Gasteiger partial charge in [-0.3, -0.25) is 4.57 Å². The van der Waals surface area contributed by atoms with E-state index in [0.717, 1.165) is 24.3 Å². The molecule has 0 spiro atoms. The van der Waals surface area contributed by atoms with Gasteiger partial charge in [0.1, 0.15) is 36.9 Å². The van der Waals surface area contributed by atoms with Crippen LogP contribution in [0.5, 0.6) is 11.5 Å². The first kappa shape index (κ1) is 16.3. The zero-order valence-corrected chi connectivity index (χ0v) is 15.2. The smallest absolute Gasteiger partial charge is 0.262 e. The number of fused-ring (bicyclic) bond motifs is 3. The number of hydrogen-bond acceptors (Lipinski definition) is 6. The van der Waals surface area contributed by atoms with Gasteiger partial charge in [-0.05, 0) is 47.5 Å². The second-order valence-corrected chi connectivity index (χ2v) is 9.06. The third kappa shape index (κ3) is 2.83. The fourth-order valence-electron chi connectivity index (χ4n) is 3.18. The Morgan fingerprint density at radius 1 is 0.923 bits per heavy atom. The molecule has 0 saturated carbocycles. The van der Waals surface area contributed by atoms with Gasteiger partial charge in [0.2, 0.25) is 0 Å². The third-order valence-electron chi connectivity index (χ3n) is 4.80. The normalized spacial score (nSPS) is 27.6. The van der Waals surface area contributed by atoms with Crippen LogP contribution in [0.1, 0.15) is 0 Å². The molecule has 136 valence electrons. The van der Waals surface area contributed by atoms with Crippen molar-refractivity contribution in [2.24, 2.45) is 0 Å². The standard InChI is InChI=1S/C19H19O6P/c1-21-26(20)18-6-12(22-8-14-10-24-14)2-4-16(18)17-5-3-13(7-19(17)26)23-9-15-11-25-15/h2-7,14-15H,8-11H2,1H3. The van der Waals surface area contributed by atoms with Crippen LogP contribution in [0.2, 0.25) is 0 Å². The summed E-state index contributed by atoms with van der Waals surface area (Å²) < 4.78 is 41.0. The van der Waals surface area contributed by atoms with E-state index < -0.39 is 7.37 Å². The van der Waals surface area contributed by atoms with Gasteiger partial charge in [-0.2, -0.15) is 0 Å². The Bertz CT molecular complexity index is 833. The van der Waals surface area contributed by atoms with E-state index in [1.54, 1.807) is 0 Å². The lowest BCUT2D eigenvalue weighted by Crippen LogP contribution is -2.13. The van der Waals surface area contributed by atoms with E-state index in [1.165, 1.54) is 7.11 Å². The maximum absolute atomic E-state index is 13.6. The van der Waals surface area contributed by atoms with Crippen LogP contribution >= 0.6 is 7.37 Å². The fourth-order valence-corrected chi connectivity index (χ4v) is 5.45. The van der Waals surface area contributed by atoms with Crippen molar-refractivity contribution in [2.75, 3.05) is 33.5 Å². The molecule has 0 aromatic heterocycles. The van der Waals surface area contributed by atoms with E-state index in [2.05, 4.69) is 0 Å². The Morgan fingerprint density at radius 2 is 1.38 bits per heavy atom. The highest BCUT2D eigenvalue weighted by Crippen LogP contribution is 2.54. The van der Waals surface area contributed by atoms with E-state index in [-0.39, 0.29) is 12.2 Å². The fraction of sp³-hybridized carbons (Fsp3) is 0.368. The molecule has 2 aromatic rings. The van der Waals surface area contributed by atoms with E-state index in [1.807, 2.05) is 36.4 Å². The molecule has 0 amide bonds. The molecule has 3 aliphatic heterocycles. The summed E-state index contributed by atoms with van der Waals surface area (Å²) in [6.45, 7) is 2.48. The highest BCUT2D eigenvalue weighted by Gasteiger charge is 2.40. The molecule has 7 heteroatoms. The Balaban J connectivity index is 1.48. The average molecular weight is 374 g/mol. The number of rotatable bonds is 7. The minimum Gasteiger partial charge on any atom is -0.491 e. The van der Waals surface area contributed by atoms with Gasteiger partial charge in [-0.15, -0.1) is 0 Å². The van der Waals surface area contributed by atoms with Gasteiger partial charge in [0.25, 0.3) is 7.37 Å². The lowest BCUT2D eigenvalue weighted by atomic mass is 10.1. The molecule has 2 fully saturated rings. The topological polar surface area (TPSA) is 69.8 Å². The zero-order chi connectivity index (χ0) is 17.7. The van der Waals surface area contributed by atoms with Gasteiger partial charge in [0.05, 0.1) is 23.8 Å². The first-order chi connectivity index (χ1) is 12.7. The maximum atomic E-state index is 13.6. The second kappa shape index (κ2) is 6.10. The van der Waals surface area contributed by atoms with Gasteiger partial charge >= 0.3 is 0 Å². The van der Waals surface area contributed by atoms with Crippen LogP contribution in [-0.4, -0.2) is 45.7 Å². The van der Waals surface area contributed by atoms with Crippen molar-refractivity contribution < 1.29 is 28.0 Å². The summed E-state index contributed by atoms with van der Waals surface area (Å²) >= 11 is 0. The molecule has 3 aliphatic rings. The lowest BCUT2D eigenvalue weighted by molar-refractivity contribution is 0.263. The predicted molar refractivity (Wildman–Crippen MR) is 96.2 cm³/mol. The number of hydrogen-bond donors (Lipinski definition) is 0. The molecule has 2 saturated heterocycles. The van der Waals surface area contributed by atoms with Crippen molar-refractivity contribution in [3.63, 3.8) is 0 Å². The molecule has 26 heavy (non-hydrogen) atoms. The van der Waals surface area contributed by atoms with Crippen molar-refractivity contribution in [1.82, 2.24) is 0 Å². The molecule has 6 nitrogen and oxygen atoms in total. The highest BCUT2D eigenvalue weighted by atomic mass is 31.2. The summed E-state index contributed by atoms with van der Waals surface area (Å²) in [5, 5.41) is 1.35. The van der Waals surface area contributed by atoms with Gasteiger partial charge in [0.15, 0.2) is 0 Å². The monoisotopic (exact) mass is 374 g/mol. The van der Waals surface area contributed by atoms with Crippen molar-refractivity contribution in [1.29, 1.82) is 0 Å². The van der Waals surface area contributed by atoms with Crippen LogP contribution in [0.4, 0.5) is 0 Å². The summed E-state index contributed by atoms with van der Waals surface area (Å²) in [5.74, 6) is 1.35. The van der Waals surface area contributed by atoms with Crippen LogP contribution in [0.3, 0.4) is 0 Å². The molecule has 2 atom stereocenters. The van der Waals surface area contributed by atoms with Gasteiger partial charge in [-0.1, -0.05) is 0 Å². The summed E-state index contributed by atoms with van der Waals surface area (Å²) in [5.41, 5.74) is 1.83. The largest absolute Gasteiger partial charge is 0.491 e. The molecule has 0 N–H and O–H groups in total. The van der Waals surface area contributed by atoms with Gasteiger partial charge < -0.3 is 23.5 Å². The van der Waals surface area contributed by atoms with E-state index in [0.29, 0.717) is 35.3 Å². The average Bonchev–Trinajstić information content (AvgIpc) is 3.59. The summed E-state index contributed by atoms with van der Waals surface area (Å²) in [4.78, 5) is 0. The van der Waals surface area contributed by atoms with Gasteiger partial charge in [-0.25, -0.2) is 0 Å². The predicted octanol–water partition coefficient (Wildman–Crippen LogP) is 2.10. The van der Waals surface area contributed by atoms with Crippen molar-refractivity contribution in [2.45, 2.75) is 12.2 Å². The summed E-state index contributed by atoms with van der Waals surface area (Å²) in [6.07, 6.45) is 0.342. The molecule has 2 unspecified atom stereocenters. The Labute approximate surface area is 151 Å². The molecule has 0 aliphatic carbocycles. The van der Waals surface area contributed by atoms with Crippen LogP contribution in [0.25, 0.3) is 11.1 Å². The molecule has 3 heterocycles.